The maximum Gasteiger partial charge on any atom is 0.211 e. The summed E-state index contributed by atoms with van der Waals surface area (Å²) in [5.74, 6) is 0. The quantitative estimate of drug-likeness (QED) is 0.716. The molecule has 27 heavy (non-hydrogen) atoms. The first-order valence-corrected chi connectivity index (χ1v) is 12.0. The highest BCUT2D eigenvalue weighted by atomic mass is 32.2. The molecule has 0 aliphatic carbocycles. The molecule has 2 aromatic rings. The number of nitrogens with one attached hydrogen (secondary N) is 1. The third kappa shape index (κ3) is 4.06. The number of benzene rings is 1. The number of hydrogen-bond donors (Lipinski definition) is 1. The van der Waals surface area contributed by atoms with E-state index in [0.29, 0.717) is 28.0 Å². The highest BCUT2D eigenvalue weighted by molar-refractivity contribution is 7.91. The van der Waals surface area contributed by atoms with Gasteiger partial charge in [-0.15, -0.1) is 11.3 Å². The maximum atomic E-state index is 13.3. The van der Waals surface area contributed by atoms with Gasteiger partial charge in [0.05, 0.1) is 11.5 Å². The molecule has 1 N–H and O–H groups in total. The maximum absolute atomic E-state index is 13.3. The normalized spacial score (nSPS) is 17.8. The van der Waals surface area contributed by atoms with Gasteiger partial charge in [0.2, 0.25) is 9.84 Å². The molecule has 3 heterocycles. The van der Waals surface area contributed by atoms with Gasteiger partial charge in [-0.1, -0.05) is 18.2 Å². The van der Waals surface area contributed by atoms with Gasteiger partial charge in [0, 0.05) is 18.0 Å². The molecule has 4 rings (SSSR count). The molecule has 1 saturated heterocycles. The van der Waals surface area contributed by atoms with Gasteiger partial charge < -0.3 is 15.0 Å². The zero-order chi connectivity index (χ0) is 18.7. The number of likely N-dealkylation sites (tertiary alicyclic amines) is 1. The zero-order valence-electron chi connectivity index (χ0n) is 15.4. The SMILES string of the molecule is O=S(=O)(c1ccccc1)c1c(OCCCN2CCCC2)sc2c1CCNC2. The molecule has 0 radical (unpaired) electrons. The van der Waals surface area contributed by atoms with Gasteiger partial charge in [-0.05, 0) is 63.0 Å². The Morgan fingerprint density at radius 1 is 1.15 bits per heavy atom. The summed E-state index contributed by atoms with van der Waals surface area (Å²) >= 11 is 1.49. The topological polar surface area (TPSA) is 58.6 Å². The third-order valence-electron chi connectivity index (χ3n) is 5.22. The van der Waals surface area contributed by atoms with Gasteiger partial charge in [0.15, 0.2) is 5.06 Å². The average molecular weight is 407 g/mol. The van der Waals surface area contributed by atoms with Crippen molar-refractivity contribution in [2.24, 2.45) is 0 Å². The number of nitrogens with zero attached hydrogens (tertiary/aromatic N) is 1. The second-order valence-corrected chi connectivity index (χ2v) is 10.1. The minimum absolute atomic E-state index is 0.339. The molecule has 0 atom stereocenters. The van der Waals surface area contributed by atoms with E-state index in [1.807, 2.05) is 6.07 Å². The Balaban J connectivity index is 1.57. The molecule has 2 aliphatic rings. The molecular formula is C20H26N2O3S2. The predicted molar refractivity (Wildman–Crippen MR) is 107 cm³/mol. The number of hydrogen-bond acceptors (Lipinski definition) is 6. The van der Waals surface area contributed by atoms with E-state index in [-0.39, 0.29) is 0 Å². The number of sulfone groups is 1. The number of rotatable bonds is 7. The smallest absolute Gasteiger partial charge is 0.211 e. The van der Waals surface area contributed by atoms with Gasteiger partial charge in [-0.3, -0.25) is 0 Å². The zero-order valence-corrected chi connectivity index (χ0v) is 17.1. The average Bonchev–Trinajstić information content (AvgIpc) is 3.33. The van der Waals surface area contributed by atoms with Crippen LogP contribution < -0.4 is 10.1 Å². The van der Waals surface area contributed by atoms with Gasteiger partial charge in [0.25, 0.3) is 0 Å². The first-order valence-electron chi connectivity index (χ1n) is 9.67. The molecule has 0 unspecified atom stereocenters. The van der Waals surface area contributed by atoms with Gasteiger partial charge >= 0.3 is 0 Å². The van der Waals surface area contributed by atoms with Gasteiger partial charge in [-0.25, -0.2) is 8.42 Å². The second-order valence-electron chi connectivity index (χ2n) is 7.11. The van der Waals surface area contributed by atoms with Crippen molar-refractivity contribution >= 4 is 21.2 Å². The first kappa shape index (κ1) is 18.9. The Labute approximate surface area is 165 Å². The van der Waals surface area contributed by atoms with E-state index in [0.717, 1.165) is 36.4 Å². The van der Waals surface area contributed by atoms with Crippen LogP contribution in [-0.2, 0) is 22.8 Å². The Morgan fingerprint density at radius 3 is 2.70 bits per heavy atom. The Hall–Kier alpha value is -1.41. The van der Waals surface area contributed by atoms with Crippen LogP contribution in [0.2, 0.25) is 0 Å². The first-order chi connectivity index (χ1) is 13.2. The van der Waals surface area contributed by atoms with E-state index in [4.69, 9.17) is 4.74 Å². The molecule has 0 amide bonds. The van der Waals surface area contributed by atoms with Crippen LogP contribution in [0.3, 0.4) is 0 Å². The summed E-state index contributed by atoms with van der Waals surface area (Å²) in [4.78, 5) is 4.28. The van der Waals surface area contributed by atoms with Crippen LogP contribution in [0, 0.1) is 0 Å². The van der Waals surface area contributed by atoms with E-state index in [2.05, 4.69) is 10.2 Å². The van der Waals surface area contributed by atoms with Crippen molar-refractivity contribution in [2.75, 3.05) is 32.8 Å². The summed E-state index contributed by atoms with van der Waals surface area (Å²) in [6.45, 7) is 5.44. The van der Waals surface area contributed by atoms with Crippen LogP contribution in [0.1, 0.15) is 29.7 Å². The Bertz CT molecular complexity index is 872. The fraction of sp³-hybridized carbons (Fsp3) is 0.500. The van der Waals surface area contributed by atoms with Crippen molar-refractivity contribution < 1.29 is 13.2 Å². The molecule has 5 nitrogen and oxygen atoms in total. The molecule has 0 saturated carbocycles. The lowest BCUT2D eigenvalue weighted by Gasteiger charge is -2.15. The van der Waals surface area contributed by atoms with E-state index < -0.39 is 9.84 Å². The van der Waals surface area contributed by atoms with E-state index in [9.17, 15) is 8.42 Å². The minimum Gasteiger partial charge on any atom is -0.483 e. The molecular weight excluding hydrogens is 380 g/mol. The lowest BCUT2D eigenvalue weighted by molar-refractivity contribution is 0.264. The second kappa shape index (κ2) is 8.31. The summed E-state index contributed by atoms with van der Waals surface area (Å²) < 4.78 is 32.7. The summed E-state index contributed by atoms with van der Waals surface area (Å²) in [5, 5.41) is 3.89. The number of fused-ring (bicyclic) bond motifs is 1. The fourth-order valence-electron chi connectivity index (χ4n) is 3.82. The van der Waals surface area contributed by atoms with Crippen molar-refractivity contribution in [2.45, 2.75) is 42.0 Å². The van der Waals surface area contributed by atoms with Crippen LogP contribution in [0.4, 0.5) is 0 Å². The number of thiophene rings is 1. The summed E-state index contributed by atoms with van der Waals surface area (Å²) in [5.41, 5.74) is 0.942. The molecule has 0 bridgehead atoms. The molecule has 2 aliphatic heterocycles. The van der Waals surface area contributed by atoms with E-state index >= 15 is 0 Å². The van der Waals surface area contributed by atoms with Crippen molar-refractivity contribution in [3.8, 4) is 5.06 Å². The highest BCUT2D eigenvalue weighted by Gasteiger charge is 2.31. The molecule has 1 aromatic carbocycles. The van der Waals surface area contributed by atoms with Crippen LogP contribution in [0.5, 0.6) is 5.06 Å². The Kier molecular flexibility index (Phi) is 5.82. The minimum atomic E-state index is -3.57. The van der Waals surface area contributed by atoms with E-state index in [1.54, 1.807) is 24.3 Å². The van der Waals surface area contributed by atoms with Crippen LogP contribution in [0.15, 0.2) is 40.1 Å². The predicted octanol–water partition coefficient (Wildman–Crippen LogP) is 3.09. The summed E-state index contributed by atoms with van der Waals surface area (Å²) in [7, 11) is -3.57. The fourth-order valence-corrected chi connectivity index (χ4v) is 7.01. The van der Waals surface area contributed by atoms with Crippen molar-refractivity contribution in [1.29, 1.82) is 0 Å². The third-order valence-corrected chi connectivity index (χ3v) is 8.36. The lowest BCUT2D eigenvalue weighted by atomic mass is 10.1. The highest BCUT2D eigenvalue weighted by Crippen LogP contribution is 2.42. The van der Waals surface area contributed by atoms with Crippen molar-refractivity contribution in [3.63, 3.8) is 0 Å². The van der Waals surface area contributed by atoms with Crippen LogP contribution in [-0.4, -0.2) is 46.1 Å². The monoisotopic (exact) mass is 406 g/mol. The van der Waals surface area contributed by atoms with Crippen LogP contribution >= 0.6 is 11.3 Å². The van der Waals surface area contributed by atoms with E-state index in [1.165, 1.54) is 37.3 Å². The largest absolute Gasteiger partial charge is 0.483 e. The molecule has 1 fully saturated rings. The molecule has 146 valence electrons. The lowest BCUT2D eigenvalue weighted by Crippen LogP contribution is -2.23. The molecule has 1 aromatic heterocycles. The van der Waals surface area contributed by atoms with Crippen molar-refractivity contribution in [1.82, 2.24) is 10.2 Å². The summed E-state index contributed by atoms with van der Waals surface area (Å²) in [6.07, 6.45) is 4.21. The molecule has 0 spiro atoms. The van der Waals surface area contributed by atoms with Crippen molar-refractivity contribution in [3.05, 3.63) is 40.8 Å². The molecule has 7 heteroatoms. The van der Waals surface area contributed by atoms with Gasteiger partial charge in [0.1, 0.15) is 4.90 Å². The number of ether oxygens (including phenoxy) is 1. The van der Waals surface area contributed by atoms with Crippen LogP contribution in [0.25, 0.3) is 0 Å². The Morgan fingerprint density at radius 2 is 1.93 bits per heavy atom. The van der Waals surface area contributed by atoms with Gasteiger partial charge in [-0.2, -0.15) is 0 Å². The summed E-state index contributed by atoms with van der Waals surface area (Å²) in [6, 6.07) is 8.70. The standard InChI is InChI=1S/C20H26N2O3S2/c23-27(24,16-7-2-1-3-8-16)19-17-9-10-21-15-18(17)26-20(19)25-14-6-13-22-11-4-5-12-22/h1-3,7-8,21H,4-6,9-15H2.